The summed E-state index contributed by atoms with van der Waals surface area (Å²) >= 11 is 24.6. The molecule has 0 aromatic heterocycles. The molecular weight excluding hydrogens is 419 g/mol. The van der Waals surface area contributed by atoms with Crippen LogP contribution in [-0.2, 0) is 9.13 Å². The molecule has 0 radical (unpaired) electrons. The predicted octanol–water partition coefficient (Wildman–Crippen LogP) is 4.97. The van der Waals surface area contributed by atoms with Crippen molar-refractivity contribution < 1.29 is 9.13 Å². The molecule has 1 heterocycles. The quantitative estimate of drug-likeness (QED) is 0.613. The molecule has 122 valence electrons. The summed E-state index contributed by atoms with van der Waals surface area (Å²) in [6.07, 6.45) is 0. The molecule has 0 amide bonds. The summed E-state index contributed by atoms with van der Waals surface area (Å²) in [6, 6.07) is 8.58. The molecule has 0 atom stereocenters. The van der Waals surface area contributed by atoms with Crippen molar-refractivity contribution in [2.45, 2.75) is 0 Å². The molecule has 2 rings (SSSR count). The van der Waals surface area contributed by atoms with Crippen LogP contribution in [0.2, 0.25) is 0 Å². The van der Waals surface area contributed by atoms with Crippen LogP contribution in [0, 0.1) is 0 Å². The van der Waals surface area contributed by atoms with Gasteiger partial charge in [-0.1, -0.05) is 18.2 Å². The van der Waals surface area contributed by atoms with Crippen LogP contribution in [0.3, 0.4) is 0 Å². The number of hydrogen-bond donors (Lipinski definition) is 2. The lowest BCUT2D eigenvalue weighted by atomic mass is 10.4. The Morgan fingerprint density at radius 1 is 0.762 bits per heavy atom. The van der Waals surface area contributed by atoms with Crippen LogP contribution in [0.15, 0.2) is 30.3 Å². The van der Waals surface area contributed by atoms with Gasteiger partial charge in [0.1, 0.15) is 0 Å². The van der Waals surface area contributed by atoms with E-state index in [1.54, 1.807) is 24.3 Å². The fourth-order valence-electron chi connectivity index (χ4n) is 1.21. The normalized spacial score (nSPS) is 15.1. The van der Waals surface area contributed by atoms with Gasteiger partial charge < -0.3 is 10.6 Å². The van der Waals surface area contributed by atoms with E-state index in [4.69, 9.17) is 22.5 Å². The van der Waals surface area contributed by atoms with E-state index < -0.39 is 11.0 Å². The first-order valence-electron chi connectivity index (χ1n) is 5.76. The molecule has 0 aliphatic carbocycles. The molecule has 1 fully saturated rings. The molecule has 1 aliphatic heterocycles. The SMILES string of the molecule is C1CNCCN1.O=P(Cl)(Cl)Cl.O=P(Cl)(Cl)c1ccccc1. The first-order valence-corrected chi connectivity index (χ1v) is 13.7. The van der Waals surface area contributed by atoms with Crippen molar-refractivity contribution in [2.75, 3.05) is 26.2 Å². The van der Waals surface area contributed by atoms with E-state index in [9.17, 15) is 9.13 Å². The molecule has 0 saturated carbocycles. The Morgan fingerprint density at radius 2 is 1.10 bits per heavy atom. The van der Waals surface area contributed by atoms with E-state index in [0.29, 0.717) is 5.30 Å². The van der Waals surface area contributed by atoms with Gasteiger partial charge in [0.25, 0.3) is 5.85 Å². The molecule has 11 heteroatoms. The third-order valence-corrected chi connectivity index (χ3v) is 4.08. The number of hydrogen-bond acceptors (Lipinski definition) is 4. The Balaban J connectivity index is 0.000000312. The number of piperazine rings is 1. The van der Waals surface area contributed by atoms with E-state index in [2.05, 4.69) is 44.4 Å². The topological polar surface area (TPSA) is 58.2 Å². The number of rotatable bonds is 1. The fraction of sp³-hybridized carbons (Fsp3) is 0.400. The van der Waals surface area contributed by atoms with Crippen LogP contribution in [0.1, 0.15) is 0 Å². The molecule has 4 nitrogen and oxygen atoms in total. The fourth-order valence-corrected chi connectivity index (χ4v) is 2.40. The summed E-state index contributed by atoms with van der Waals surface area (Å²) in [5.41, 5.74) is 0. The van der Waals surface area contributed by atoms with Crippen LogP contribution in [0.5, 0.6) is 0 Å². The minimum atomic E-state index is -3.22. The molecule has 1 aliphatic rings. The number of halogens is 5. The molecule has 1 aromatic carbocycles. The lowest BCUT2D eigenvalue weighted by Gasteiger charge is -2.11. The van der Waals surface area contributed by atoms with E-state index in [1.807, 2.05) is 6.07 Å². The molecule has 0 bridgehead atoms. The van der Waals surface area contributed by atoms with Gasteiger partial charge in [-0.2, -0.15) is 0 Å². The lowest BCUT2D eigenvalue weighted by molar-refractivity contribution is 0.534. The zero-order valence-corrected chi connectivity index (χ0v) is 16.4. The highest BCUT2D eigenvalue weighted by atomic mass is 36.0. The first kappa shape index (κ1) is 22.1. The molecule has 0 spiro atoms. The van der Waals surface area contributed by atoms with E-state index in [1.165, 1.54) is 0 Å². The predicted molar refractivity (Wildman–Crippen MR) is 96.3 cm³/mol. The maximum absolute atomic E-state index is 10.9. The second-order valence-electron chi connectivity index (χ2n) is 3.70. The maximum Gasteiger partial charge on any atom is 0.339 e. The van der Waals surface area contributed by atoms with E-state index in [0.717, 1.165) is 26.2 Å². The number of nitrogens with one attached hydrogen (secondary N) is 2. The van der Waals surface area contributed by atoms with Gasteiger partial charge >= 0.3 is 5.20 Å². The van der Waals surface area contributed by atoms with Crippen molar-refractivity contribution in [1.82, 2.24) is 10.6 Å². The van der Waals surface area contributed by atoms with E-state index in [-0.39, 0.29) is 0 Å². The van der Waals surface area contributed by atoms with Gasteiger partial charge in [-0.25, -0.2) is 0 Å². The average molecular weight is 434 g/mol. The second kappa shape index (κ2) is 11.6. The van der Waals surface area contributed by atoms with Crippen molar-refractivity contribution in [2.24, 2.45) is 0 Å². The Kier molecular flexibility index (Phi) is 12.1. The minimum absolute atomic E-state index is 0.485. The van der Waals surface area contributed by atoms with Crippen molar-refractivity contribution in [3.8, 4) is 0 Å². The van der Waals surface area contributed by atoms with Gasteiger partial charge in [0.15, 0.2) is 0 Å². The highest BCUT2D eigenvalue weighted by Crippen LogP contribution is 2.61. The summed E-state index contributed by atoms with van der Waals surface area (Å²) in [4.78, 5) is 0. The molecule has 1 saturated heterocycles. The van der Waals surface area contributed by atoms with Crippen molar-refractivity contribution in [1.29, 1.82) is 0 Å². The summed E-state index contributed by atoms with van der Waals surface area (Å²) < 4.78 is 20.5. The van der Waals surface area contributed by atoms with Gasteiger partial charge in [0.2, 0.25) is 0 Å². The van der Waals surface area contributed by atoms with Crippen molar-refractivity contribution in [3.05, 3.63) is 30.3 Å². The zero-order chi connectivity index (χ0) is 16.4. The van der Waals surface area contributed by atoms with Gasteiger partial charge in [0.05, 0.1) is 0 Å². The second-order valence-corrected chi connectivity index (χ2v) is 15.2. The highest BCUT2D eigenvalue weighted by molar-refractivity contribution is 8.24. The zero-order valence-electron chi connectivity index (χ0n) is 10.8. The van der Waals surface area contributed by atoms with Gasteiger partial charge in [0, 0.05) is 31.5 Å². The highest BCUT2D eigenvalue weighted by Gasteiger charge is 2.15. The van der Waals surface area contributed by atoms with Gasteiger partial charge in [-0.3, -0.25) is 9.13 Å². The summed E-state index contributed by atoms with van der Waals surface area (Å²) in [5, 5.41) is 3.71. The Morgan fingerprint density at radius 3 is 1.29 bits per heavy atom. The van der Waals surface area contributed by atoms with Gasteiger partial charge in [-0.15, -0.1) is 0 Å². The summed E-state index contributed by atoms with van der Waals surface area (Å²) in [5.74, 6) is -3.07. The van der Waals surface area contributed by atoms with Gasteiger partial charge in [-0.05, 0) is 68.3 Å². The van der Waals surface area contributed by atoms with Crippen LogP contribution in [0.25, 0.3) is 0 Å². The molecule has 21 heavy (non-hydrogen) atoms. The molecule has 0 unspecified atom stereocenters. The standard InChI is InChI=1S/C6H5Cl2OP.C4H10N2.Cl3OP/c7-10(8,9)6-4-2-1-3-5-6;1-2-6-4-3-5-1;1-5(2,3)4/h1-5H;5-6H,1-4H2;. The van der Waals surface area contributed by atoms with Crippen LogP contribution < -0.4 is 15.9 Å². The van der Waals surface area contributed by atoms with Crippen molar-refractivity contribution >= 4 is 72.6 Å². The van der Waals surface area contributed by atoms with Crippen LogP contribution in [0.4, 0.5) is 0 Å². The monoisotopic (exact) mass is 432 g/mol. The largest absolute Gasteiger partial charge is 0.339 e. The van der Waals surface area contributed by atoms with E-state index >= 15 is 0 Å². The lowest BCUT2D eigenvalue weighted by Crippen LogP contribution is -2.39. The molecule has 1 aromatic rings. The number of benzene rings is 1. The first-order chi connectivity index (χ1) is 9.61. The Hall–Kier alpha value is 1.05. The maximum atomic E-state index is 10.9. The average Bonchev–Trinajstić information content (AvgIpc) is 2.40. The minimum Gasteiger partial charge on any atom is -0.314 e. The molecule has 2 N–H and O–H groups in total. The Bertz CT molecular complexity index is 456. The van der Waals surface area contributed by atoms with Crippen LogP contribution >= 0.6 is 67.3 Å². The summed E-state index contributed by atoms with van der Waals surface area (Å²) in [6.45, 7) is 4.56. The summed E-state index contributed by atoms with van der Waals surface area (Å²) in [7, 11) is 0. The molecular formula is C10H15Cl5N2O2P2. The smallest absolute Gasteiger partial charge is 0.314 e. The third kappa shape index (κ3) is 17.2. The third-order valence-electron chi connectivity index (χ3n) is 2.01. The van der Waals surface area contributed by atoms with Crippen molar-refractivity contribution in [3.63, 3.8) is 0 Å². The Labute approximate surface area is 148 Å². The van der Waals surface area contributed by atoms with Crippen LogP contribution in [-0.4, -0.2) is 26.2 Å².